The summed E-state index contributed by atoms with van der Waals surface area (Å²) in [7, 11) is 0. The van der Waals surface area contributed by atoms with E-state index in [1.807, 2.05) is 52.0 Å². The molecule has 0 heterocycles. The van der Waals surface area contributed by atoms with Gasteiger partial charge in [0.1, 0.15) is 11.5 Å². The number of nitrogens with one attached hydrogen (secondary N) is 1. The zero-order valence-corrected chi connectivity index (χ0v) is 15.0. The number of carbonyl (C=O) groups is 1. The number of carbonyl (C=O) groups excluding carboxylic acids is 1. The maximum atomic E-state index is 12.4. The molecule has 2 aromatic rings. The zero-order valence-electron chi connectivity index (χ0n) is 15.0. The van der Waals surface area contributed by atoms with Crippen LogP contribution in [0.5, 0.6) is 11.5 Å². The smallest absolute Gasteiger partial charge is 0.265 e. The van der Waals surface area contributed by atoms with Crippen LogP contribution in [0.4, 0.5) is 5.69 Å². The van der Waals surface area contributed by atoms with Crippen LogP contribution in [0.2, 0.25) is 0 Å². The molecule has 4 nitrogen and oxygen atoms in total. The van der Waals surface area contributed by atoms with E-state index in [-0.39, 0.29) is 5.91 Å². The third-order valence-electron chi connectivity index (χ3n) is 3.85. The van der Waals surface area contributed by atoms with Gasteiger partial charge < -0.3 is 14.8 Å². The van der Waals surface area contributed by atoms with Gasteiger partial charge in [-0.1, -0.05) is 12.1 Å². The van der Waals surface area contributed by atoms with Gasteiger partial charge in [0.2, 0.25) is 0 Å². The fraction of sp³-hybridized carbons (Fsp3) is 0.350. The molecule has 1 unspecified atom stereocenters. The maximum absolute atomic E-state index is 12.4. The van der Waals surface area contributed by atoms with Gasteiger partial charge >= 0.3 is 0 Å². The number of aryl methyl sites for hydroxylation is 2. The van der Waals surface area contributed by atoms with E-state index in [1.165, 1.54) is 0 Å². The predicted octanol–water partition coefficient (Wildman–Crippen LogP) is 4.42. The summed E-state index contributed by atoms with van der Waals surface area (Å²) in [5, 5.41) is 2.87. The molecule has 4 heteroatoms. The predicted molar refractivity (Wildman–Crippen MR) is 97.0 cm³/mol. The quantitative estimate of drug-likeness (QED) is 0.854. The zero-order chi connectivity index (χ0) is 17.7. The largest absolute Gasteiger partial charge is 0.494 e. The van der Waals surface area contributed by atoms with Gasteiger partial charge in [-0.15, -0.1) is 0 Å². The third kappa shape index (κ3) is 4.51. The first-order valence-electron chi connectivity index (χ1n) is 8.19. The van der Waals surface area contributed by atoms with Gasteiger partial charge in [0.25, 0.3) is 5.91 Å². The molecule has 0 aromatic heterocycles. The third-order valence-corrected chi connectivity index (χ3v) is 3.85. The molecule has 0 spiro atoms. The molecule has 0 aliphatic carbocycles. The van der Waals surface area contributed by atoms with Crippen LogP contribution in [-0.2, 0) is 4.79 Å². The summed E-state index contributed by atoms with van der Waals surface area (Å²) >= 11 is 0. The highest BCUT2D eigenvalue weighted by atomic mass is 16.5. The Kier molecular flexibility index (Phi) is 5.85. The number of anilines is 1. The molecular weight excluding hydrogens is 302 g/mol. The Morgan fingerprint density at radius 1 is 1.17 bits per heavy atom. The number of benzene rings is 2. The monoisotopic (exact) mass is 327 g/mol. The Bertz CT molecular complexity index is 725. The Hall–Kier alpha value is -2.49. The van der Waals surface area contributed by atoms with Crippen LogP contribution in [0.3, 0.4) is 0 Å². The molecule has 2 aromatic carbocycles. The Morgan fingerprint density at radius 2 is 1.92 bits per heavy atom. The SMILES string of the molecule is CCOc1cccc(NC(=O)C(C)Oc2cc(C)cc(C)c2C)c1. The lowest BCUT2D eigenvalue weighted by Crippen LogP contribution is -2.30. The van der Waals surface area contributed by atoms with E-state index in [2.05, 4.69) is 11.4 Å². The molecule has 0 bridgehead atoms. The standard InChI is InChI=1S/C20H25NO3/c1-6-23-18-9-7-8-17(12-18)21-20(22)16(5)24-19-11-13(2)10-14(3)15(19)4/h7-12,16H,6H2,1-5H3,(H,21,22). The van der Waals surface area contributed by atoms with Gasteiger partial charge in [0.05, 0.1) is 6.61 Å². The van der Waals surface area contributed by atoms with E-state index in [1.54, 1.807) is 13.0 Å². The molecule has 1 N–H and O–H groups in total. The van der Waals surface area contributed by atoms with Crippen LogP contribution in [0, 0.1) is 20.8 Å². The highest BCUT2D eigenvalue weighted by molar-refractivity contribution is 5.94. The van der Waals surface area contributed by atoms with Crippen LogP contribution >= 0.6 is 0 Å². The highest BCUT2D eigenvalue weighted by Crippen LogP contribution is 2.25. The van der Waals surface area contributed by atoms with Gasteiger partial charge in [-0.3, -0.25) is 4.79 Å². The molecule has 24 heavy (non-hydrogen) atoms. The molecule has 2 rings (SSSR count). The summed E-state index contributed by atoms with van der Waals surface area (Å²) in [4.78, 5) is 12.4. The second kappa shape index (κ2) is 7.86. The molecule has 0 saturated carbocycles. The summed E-state index contributed by atoms with van der Waals surface area (Å²) in [5.41, 5.74) is 4.02. The summed E-state index contributed by atoms with van der Waals surface area (Å²) in [5.74, 6) is 1.29. The van der Waals surface area contributed by atoms with Crippen LogP contribution in [0.15, 0.2) is 36.4 Å². The number of ether oxygens (including phenoxy) is 2. The fourth-order valence-corrected chi connectivity index (χ4v) is 2.44. The summed E-state index contributed by atoms with van der Waals surface area (Å²) in [6.45, 7) is 10.3. The molecule has 0 radical (unpaired) electrons. The van der Waals surface area contributed by atoms with Crippen LogP contribution in [-0.4, -0.2) is 18.6 Å². The average molecular weight is 327 g/mol. The molecule has 0 aliphatic rings. The van der Waals surface area contributed by atoms with E-state index >= 15 is 0 Å². The molecule has 0 saturated heterocycles. The van der Waals surface area contributed by atoms with E-state index in [0.717, 1.165) is 28.2 Å². The number of amides is 1. The summed E-state index contributed by atoms with van der Waals surface area (Å²) in [6, 6.07) is 11.4. The summed E-state index contributed by atoms with van der Waals surface area (Å²) < 4.78 is 11.3. The van der Waals surface area contributed by atoms with E-state index in [9.17, 15) is 4.79 Å². The average Bonchev–Trinajstić information content (AvgIpc) is 2.52. The lowest BCUT2D eigenvalue weighted by atomic mass is 10.1. The second-order valence-corrected chi connectivity index (χ2v) is 5.92. The van der Waals surface area contributed by atoms with Gasteiger partial charge in [-0.05, 0) is 69.5 Å². The topological polar surface area (TPSA) is 47.6 Å². The van der Waals surface area contributed by atoms with Crippen molar-refractivity contribution in [3.05, 3.63) is 53.1 Å². The fourth-order valence-electron chi connectivity index (χ4n) is 2.44. The van der Waals surface area contributed by atoms with Crippen molar-refractivity contribution in [3.8, 4) is 11.5 Å². The first-order chi connectivity index (χ1) is 11.4. The number of rotatable bonds is 6. The van der Waals surface area contributed by atoms with Crippen molar-refractivity contribution in [2.45, 2.75) is 40.7 Å². The van der Waals surface area contributed by atoms with Crippen LogP contribution < -0.4 is 14.8 Å². The Balaban J connectivity index is 2.06. The van der Waals surface area contributed by atoms with E-state index < -0.39 is 6.10 Å². The minimum Gasteiger partial charge on any atom is -0.494 e. The molecular formula is C20H25NO3. The first-order valence-corrected chi connectivity index (χ1v) is 8.19. The van der Waals surface area contributed by atoms with Crippen molar-refractivity contribution in [2.24, 2.45) is 0 Å². The van der Waals surface area contributed by atoms with E-state index in [4.69, 9.17) is 9.47 Å². The molecule has 1 amide bonds. The Labute approximate surface area is 143 Å². The summed E-state index contributed by atoms with van der Waals surface area (Å²) in [6.07, 6.45) is -0.597. The first kappa shape index (κ1) is 17.9. The Morgan fingerprint density at radius 3 is 2.62 bits per heavy atom. The lowest BCUT2D eigenvalue weighted by Gasteiger charge is -2.18. The van der Waals surface area contributed by atoms with Gasteiger partial charge in [-0.2, -0.15) is 0 Å². The number of hydrogen-bond acceptors (Lipinski definition) is 3. The van der Waals surface area contributed by atoms with Crippen molar-refractivity contribution in [1.82, 2.24) is 0 Å². The van der Waals surface area contributed by atoms with E-state index in [0.29, 0.717) is 12.3 Å². The van der Waals surface area contributed by atoms with Crippen LogP contribution in [0.1, 0.15) is 30.5 Å². The number of hydrogen-bond donors (Lipinski definition) is 1. The van der Waals surface area contributed by atoms with Crippen molar-refractivity contribution < 1.29 is 14.3 Å². The molecule has 128 valence electrons. The normalized spacial score (nSPS) is 11.7. The van der Waals surface area contributed by atoms with Crippen molar-refractivity contribution in [2.75, 3.05) is 11.9 Å². The molecule has 1 atom stereocenters. The second-order valence-electron chi connectivity index (χ2n) is 5.92. The van der Waals surface area contributed by atoms with Gasteiger partial charge in [0, 0.05) is 11.8 Å². The molecule has 0 aliphatic heterocycles. The minimum absolute atomic E-state index is 0.192. The minimum atomic E-state index is -0.597. The van der Waals surface area contributed by atoms with Crippen LogP contribution in [0.25, 0.3) is 0 Å². The van der Waals surface area contributed by atoms with Gasteiger partial charge in [0.15, 0.2) is 6.10 Å². The van der Waals surface area contributed by atoms with Crippen molar-refractivity contribution in [1.29, 1.82) is 0 Å². The van der Waals surface area contributed by atoms with Gasteiger partial charge in [-0.25, -0.2) is 0 Å². The lowest BCUT2D eigenvalue weighted by molar-refractivity contribution is -0.122. The molecule has 0 fully saturated rings. The highest BCUT2D eigenvalue weighted by Gasteiger charge is 2.17. The maximum Gasteiger partial charge on any atom is 0.265 e. The van der Waals surface area contributed by atoms with Crippen molar-refractivity contribution in [3.63, 3.8) is 0 Å². The van der Waals surface area contributed by atoms with Crippen molar-refractivity contribution >= 4 is 11.6 Å².